The van der Waals surface area contributed by atoms with Crippen LogP contribution in [-0.4, -0.2) is 24.2 Å². The first-order valence-electron chi connectivity index (χ1n) is 6.37. The average Bonchev–Trinajstić information content (AvgIpc) is 3.05. The van der Waals surface area contributed by atoms with Crippen LogP contribution in [-0.2, 0) is 4.79 Å². The Hall–Kier alpha value is -3.09. The quantitative estimate of drug-likeness (QED) is 0.620. The maximum atomic E-state index is 11.7. The molecule has 1 aromatic carbocycles. The van der Waals surface area contributed by atoms with E-state index in [9.17, 15) is 14.7 Å². The number of amides is 1. The van der Waals surface area contributed by atoms with Crippen molar-refractivity contribution in [3.63, 3.8) is 0 Å². The van der Waals surface area contributed by atoms with Crippen molar-refractivity contribution in [2.75, 3.05) is 6.61 Å². The second-order valence-electron chi connectivity index (χ2n) is 4.30. The predicted molar refractivity (Wildman–Crippen MR) is 75.3 cm³/mol. The number of nitrogens with one attached hydrogen (secondary N) is 1. The molecule has 7 nitrogen and oxygen atoms in total. The molecule has 0 bridgehead atoms. The van der Waals surface area contributed by atoms with Gasteiger partial charge in [-0.1, -0.05) is 0 Å². The molecule has 1 aromatic heterocycles. The molecule has 22 heavy (non-hydrogen) atoms. The SMILES string of the molecule is C/C(=N/NC(=O)c1ccco1)c1ccc(OCC(=O)[O-])cc1. The van der Waals surface area contributed by atoms with E-state index in [1.807, 2.05) is 0 Å². The van der Waals surface area contributed by atoms with Crippen molar-refractivity contribution in [2.45, 2.75) is 6.92 Å². The molecular formula is C15H13N2O5-. The van der Waals surface area contributed by atoms with Crippen LogP contribution in [0.3, 0.4) is 0 Å². The number of hydrogen-bond acceptors (Lipinski definition) is 6. The van der Waals surface area contributed by atoms with Gasteiger partial charge in [0.05, 0.1) is 17.9 Å². The lowest BCUT2D eigenvalue weighted by Gasteiger charge is -2.07. The molecule has 1 N–H and O–H groups in total. The lowest BCUT2D eigenvalue weighted by molar-refractivity contribution is -0.307. The van der Waals surface area contributed by atoms with Crippen LogP contribution in [0.1, 0.15) is 23.0 Å². The Morgan fingerprint density at radius 3 is 2.59 bits per heavy atom. The van der Waals surface area contributed by atoms with Crippen LogP contribution in [0, 0.1) is 0 Å². The molecule has 0 atom stereocenters. The van der Waals surface area contributed by atoms with Gasteiger partial charge in [-0.15, -0.1) is 0 Å². The van der Waals surface area contributed by atoms with E-state index in [2.05, 4.69) is 10.5 Å². The van der Waals surface area contributed by atoms with Gasteiger partial charge in [-0.2, -0.15) is 5.10 Å². The molecule has 0 aliphatic heterocycles. The molecule has 114 valence electrons. The summed E-state index contributed by atoms with van der Waals surface area (Å²) in [7, 11) is 0. The van der Waals surface area contributed by atoms with Crippen molar-refractivity contribution in [3.8, 4) is 5.75 Å². The van der Waals surface area contributed by atoms with Gasteiger partial charge in [-0.3, -0.25) is 4.79 Å². The fourth-order valence-electron chi connectivity index (χ4n) is 1.60. The zero-order chi connectivity index (χ0) is 15.9. The highest BCUT2D eigenvalue weighted by atomic mass is 16.5. The third kappa shape index (κ3) is 4.20. The van der Waals surface area contributed by atoms with Crippen molar-refractivity contribution in [2.24, 2.45) is 5.10 Å². The van der Waals surface area contributed by atoms with Crippen molar-refractivity contribution in [1.29, 1.82) is 0 Å². The Balaban J connectivity index is 1.96. The summed E-state index contributed by atoms with van der Waals surface area (Å²) >= 11 is 0. The smallest absolute Gasteiger partial charge is 0.307 e. The van der Waals surface area contributed by atoms with Crippen LogP contribution in [0.15, 0.2) is 52.2 Å². The zero-order valence-electron chi connectivity index (χ0n) is 11.7. The van der Waals surface area contributed by atoms with Crippen molar-refractivity contribution < 1.29 is 23.8 Å². The number of hydrogen-bond donors (Lipinski definition) is 1. The number of nitrogens with zero attached hydrogens (tertiary/aromatic N) is 1. The average molecular weight is 301 g/mol. The van der Waals surface area contributed by atoms with E-state index in [4.69, 9.17) is 9.15 Å². The summed E-state index contributed by atoms with van der Waals surface area (Å²) in [6.45, 7) is 1.21. The summed E-state index contributed by atoms with van der Waals surface area (Å²) in [5.74, 6) is -1.16. The lowest BCUT2D eigenvalue weighted by Crippen LogP contribution is -2.28. The van der Waals surface area contributed by atoms with E-state index >= 15 is 0 Å². The number of carbonyl (C=O) groups excluding carboxylic acids is 2. The molecule has 1 heterocycles. The van der Waals surface area contributed by atoms with Crippen LogP contribution in [0.5, 0.6) is 5.75 Å². The number of carbonyl (C=O) groups is 2. The molecule has 0 fully saturated rings. The van der Waals surface area contributed by atoms with E-state index in [0.717, 1.165) is 5.56 Å². The van der Waals surface area contributed by atoms with Crippen molar-refractivity contribution >= 4 is 17.6 Å². The molecule has 7 heteroatoms. The maximum absolute atomic E-state index is 11.7. The van der Waals surface area contributed by atoms with Crippen LogP contribution < -0.4 is 15.3 Å². The fraction of sp³-hybridized carbons (Fsp3) is 0.133. The number of rotatable bonds is 6. The van der Waals surface area contributed by atoms with Gasteiger partial charge < -0.3 is 19.1 Å². The zero-order valence-corrected chi connectivity index (χ0v) is 11.7. The highest BCUT2D eigenvalue weighted by molar-refractivity contribution is 6.00. The molecule has 0 radical (unpaired) electrons. The molecule has 0 aliphatic carbocycles. The predicted octanol–water partition coefficient (Wildman–Crippen LogP) is 0.562. The van der Waals surface area contributed by atoms with Gasteiger partial charge >= 0.3 is 5.91 Å². The number of aliphatic carboxylic acids is 1. The molecule has 2 rings (SSSR count). The highest BCUT2D eigenvalue weighted by Crippen LogP contribution is 2.12. The van der Waals surface area contributed by atoms with Gasteiger partial charge in [0.2, 0.25) is 0 Å². The van der Waals surface area contributed by atoms with E-state index in [1.165, 1.54) is 12.3 Å². The first-order valence-corrected chi connectivity index (χ1v) is 6.37. The second kappa shape index (κ2) is 7.07. The minimum absolute atomic E-state index is 0.169. The monoisotopic (exact) mass is 301 g/mol. The molecular weight excluding hydrogens is 288 g/mol. The van der Waals surface area contributed by atoms with E-state index in [0.29, 0.717) is 11.5 Å². The number of carboxylic acid groups (broad SMARTS) is 1. The summed E-state index contributed by atoms with van der Waals surface area (Å²) in [5.41, 5.74) is 3.70. The van der Waals surface area contributed by atoms with Crippen molar-refractivity contribution in [1.82, 2.24) is 5.43 Å². The van der Waals surface area contributed by atoms with E-state index in [1.54, 1.807) is 37.3 Å². The summed E-state index contributed by atoms with van der Waals surface area (Å²) in [6, 6.07) is 9.74. The number of hydrazone groups is 1. The highest BCUT2D eigenvalue weighted by Gasteiger charge is 2.07. The Labute approximate surface area is 126 Å². The first-order chi connectivity index (χ1) is 10.6. The minimum Gasteiger partial charge on any atom is -0.546 e. The van der Waals surface area contributed by atoms with Gasteiger partial charge in [0.25, 0.3) is 0 Å². The van der Waals surface area contributed by atoms with Gasteiger partial charge in [-0.05, 0) is 48.9 Å². The Kier molecular flexibility index (Phi) is 4.92. The minimum atomic E-state index is -1.29. The molecule has 0 aliphatic rings. The molecule has 0 saturated carbocycles. The van der Waals surface area contributed by atoms with Crippen LogP contribution >= 0.6 is 0 Å². The largest absolute Gasteiger partial charge is 0.546 e. The van der Waals surface area contributed by atoms with Gasteiger partial charge in [0.1, 0.15) is 12.4 Å². The Morgan fingerprint density at radius 1 is 1.27 bits per heavy atom. The molecule has 0 spiro atoms. The number of benzene rings is 1. The topological polar surface area (TPSA) is 104 Å². The molecule has 0 unspecified atom stereocenters. The third-order valence-electron chi connectivity index (χ3n) is 2.70. The molecule has 2 aromatic rings. The summed E-state index contributed by atoms with van der Waals surface area (Å²) < 4.78 is 9.91. The molecule has 0 saturated heterocycles. The maximum Gasteiger partial charge on any atom is 0.307 e. The normalized spacial score (nSPS) is 11.0. The van der Waals surface area contributed by atoms with E-state index < -0.39 is 18.5 Å². The van der Waals surface area contributed by atoms with Gasteiger partial charge in [-0.25, -0.2) is 5.43 Å². The standard InChI is InChI=1S/C15H14N2O5/c1-10(16-17-15(20)13-3-2-8-21-13)11-4-6-12(7-5-11)22-9-14(18)19/h2-8H,9H2,1H3,(H,17,20)(H,18,19)/p-1/b16-10-. The summed E-state index contributed by atoms with van der Waals surface area (Å²) in [6.07, 6.45) is 1.40. The number of furan rings is 1. The summed E-state index contributed by atoms with van der Waals surface area (Å²) in [4.78, 5) is 21.9. The van der Waals surface area contributed by atoms with Gasteiger partial charge in [0.15, 0.2) is 5.76 Å². The van der Waals surface area contributed by atoms with Crippen LogP contribution in [0.4, 0.5) is 0 Å². The van der Waals surface area contributed by atoms with E-state index in [-0.39, 0.29) is 5.76 Å². The molecule has 1 amide bonds. The summed E-state index contributed by atoms with van der Waals surface area (Å²) in [5, 5.41) is 14.3. The third-order valence-corrected chi connectivity index (χ3v) is 2.70. The number of carboxylic acids is 1. The second-order valence-corrected chi connectivity index (χ2v) is 4.30. The fourth-order valence-corrected chi connectivity index (χ4v) is 1.60. The lowest BCUT2D eigenvalue weighted by atomic mass is 10.1. The van der Waals surface area contributed by atoms with Gasteiger partial charge in [0, 0.05) is 0 Å². The van der Waals surface area contributed by atoms with Crippen LogP contribution in [0.2, 0.25) is 0 Å². The Bertz CT molecular complexity index is 674. The number of ether oxygens (including phenoxy) is 1. The van der Waals surface area contributed by atoms with Crippen molar-refractivity contribution in [3.05, 3.63) is 54.0 Å². The first kappa shape index (κ1) is 15.3. The van der Waals surface area contributed by atoms with Crippen LogP contribution in [0.25, 0.3) is 0 Å². The Morgan fingerprint density at radius 2 is 2.00 bits per heavy atom.